The molecule has 0 aliphatic heterocycles. The van der Waals surface area contributed by atoms with Crippen molar-refractivity contribution in [3.63, 3.8) is 0 Å². The van der Waals surface area contributed by atoms with Gasteiger partial charge in [0.25, 0.3) is 0 Å². The van der Waals surface area contributed by atoms with Crippen molar-refractivity contribution < 1.29 is 0 Å². The zero-order valence-electron chi connectivity index (χ0n) is 13.2. The first kappa shape index (κ1) is 15.3. The average Bonchev–Trinajstić information content (AvgIpc) is 3.17. The second-order valence-electron chi connectivity index (χ2n) is 6.29. The van der Waals surface area contributed by atoms with Crippen LogP contribution in [0, 0.1) is 19.8 Å². The molecule has 21 heavy (non-hydrogen) atoms. The van der Waals surface area contributed by atoms with Gasteiger partial charge in [-0.2, -0.15) is 0 Å². The van der Waals surface area contributed by atoms with E-state index in [2.05, 4.69) is 49.7 Å². The summed E-state index contributed by atoms with van der Waals surface area (Å²) < 4.78 is 0. The minimum atomic E-state index is 0.433. The Bertz CT molecular complexity index is 564. The summed E-state index contributed by atoms with van der Waals surface area (Å²) in [5.74, 6) is 0.811. The van der Waals surface area contributed by atoms with Gasteiger partial charge in [-0.3, -0.25) is 0 Å². The maximum absolute atomic E-state index is 3.95. The molecular formula is C18H25NS2. The standard InChI is InChI=1S/C18H25NS2/c1-12-11-16(14(3)21-12)13(2)19-18(15-7-4-5-8-15)17-9-6-10-20-17/h6,9-11,13,15,18-19H,4-5,7-8H2,1-3H3. The van der Waals surface area contributed by atoms with E-state index in [-0.39, 0.29) is 0 Å². The van der Waals surface area contributed by atoms with Crippen molar-refractivity contribution in [2.45, 2.75) is 58.5 Å². The van der Waals surface area contributed by atoms with Gasteiger partial charge in [-0.1, -0.05) is 18.9 Å². The summed E-state index contributed by atoms with van der Waals surface area (Å²) in [4.78, 5) is 4.40. The molecule has 0 aromatic carbocycles. The van der Waals surface area contributed by atoms with Gasteiger partial charge in [-0.25, -0.2) is 0 Å². The molecule has 2 heterocycles. The van der Waals surface area contributed by atoms with E-state index in [1.54, 1.807) is 0 Å². The van der Waals surface area contributed by atoms with E-state index in [9.17, 15) is 0 Å². The van der Waals surface area contributed by atoms with Crippen LogP contribution in [-0.4, -0.2) is 0 Å². The van der Waals surface area contributed by atoms with Gasteiger partial charge >= 0.3 is 0 Å². The fraction of sp³-hybridized carbons (Fsp3) is 0.556. The Morgan fingerprint density at radius 1 is 1.24 bits per heavy atom. The maximum Gasteiger partial charge on any atom is 0.0448 e. The van der Waals surface area contributed by atoms with E-state index in [4.69, 9.17) is 0 Å². The van der Waals surface area contributed by atoms with Crippen LogP contribution in [0.2, 0.25) is 0 Å². The van der Waals surface area contributed by atoms with Gasteiger partial charge in [0.1, 0.15) is 0 Å². The van der Waals surface area contributed by atoms with Crippen LogP contribution < -0.4 is 5.32 Å². The molecule has 1 N–H and O–H groups in total. The minimum absolute atomic E-state index is 0.433. The molecule has 3 rings (SSSR count). The highest BCUT2D eigenvalue weighted by Gasteiger charge is 2.28. The SMILES string of the molecule is Cc1cc(C(C)NC(c2cccs2)C2CCCC2)c(C)s1. The lowest BCUT2D eigenvalue weighted by atomic mass is 9.95. The molecule has 2 unspecified atom stereocenters. The third-order valence-electron chi connectivity index (χ3n) is 4.70. The molecule has 1 aliphatic rings. The molecule has 1 nitrogen and oxygen atoms in total. The van der Waals surface area contributed by atoms with Crippen LogP contribution in [0.4, 0.5) is 0 Å². The lowest BCUT2D eigenvalue weighted by Gasteiger charge is -2.28. The van der Waals surface area contributed by atoms with Gasteiger partial charge in [0.2, 0.25) is 0 Å². The van der Waals surface area contributed by atoms with Gasteiger partial charge in [-0.15, -0.1) is 22.7 Å². The molecule has 0 bridgehead atoms. The monoisotopic (exact) mass is 319 g/mol. The zero-order chi connectivity index (χ0) is 14.8. The highest BCUT2D eigenvalue weighted by Crippen LogP contribution is 2.39. The molecule has 114 valence electrons. The van der Waals surface area contributed by atoms with Crippen LogP contribution in [0.1, 0.15) is 64.9 Å². The molecule has 1 saturated carbocycles. The van der Waals surface area contributed by atoms with Crippen molar-refractivity contribution in [3.8, 4) is 0 Å². The predicted molar refractivity (Wildman–Crippen MR) is 94.4 cm³/mol. The first-order valence-electron chi connectivity index (χ1n) is 8.01. The Kier molecular flexibility index (Phi) is 4.82. The predicted octanol–water partition coefficient (Wildman–Crippen LogP) is 6.01. The first-order chi connectivity index (χ1) is 10.1. The Balaban J connectivity index is 1.79. The number of aryl methyl sites for hydroxylation is 2. The first-order valence-corrected chi connectivity index (χ1v) is 9.71. The molecule has 3 heteroatoms. The van der Waals surface area contributed by atoms with Crippen LogP contribution in [0.3, 0.4) is 0 Å². The lowest BCUT2D eigenvalue weighted by Crippen LogP contribution is -2.29. The largest absolute Gasteiger partial charge is 0.302 e. The highest BCUT2D eigenvalue weighted by atomic mass is 32.1. The molecule has 0 spiro atoms. The Morgan fingerprint density at radius 3 is 2.57 bits per heavy atom. The molecule has 0 radical (unpaired) electrons. The average molecular weight is 320 g/mol. The Morgan fingerprint density at radius 2 is 2.00 bits per heavy atom. The van der Waals surface area contributed by atoms with Crippen LogP contribution in [0.5, 0.6) is 0 Å². The van der Waals surface area contributed by atoms with Gasteiger partial charge in [-0.05, 0) is 62.6 Å². The van der Waals surface area contributed by atoms with Gasteiger partial charge in [0.05, 0.1) is 0 Å². The van der Waals surface area contributed by atoms with Crippen molar-refractivity contribution in [1.82, 2.24) is 5.32 Å². The summed E-state index contributed by atoms with van der Waals surface area (Å²) in [5, 5.41) is 6.16. The molecule has 1 fully saturated rings. The topological polar surface area (TPSA) is 12.0 Å². The zero-order valence-corrected chi connectivity index (χ0v) is 14.8. The number of thiophene rings is 2. The summed E-state index contributed by atoms with van der Waals surface area (Å²) in [6.07, 6.45) is 5.56. The van der Waals surface area contributed by atoms with E-state index in [1.807, 2.05) is 22.7 Å². The second kappa shape index (κ2) is 6.64. The van der Waals surface area contributed by atoms with Gasteiger partial charge in [0.15, 0.2) is 0 Å². The summed E-state index contributed by atoms with van der Waals surface area (Å²) in [7, 11) is 0. The van der Waals surface area contributed by atoms with E-state index >= 15 is 0 Å². The molecule has 1 aliphatic carbocycles. The summed E-state index contributed by atoms with van der Waals surface area (Å²) >= 11 is 3.82. The minimum Gasteiger partial charge on any atom is -0.302 e. The van der Waals surface area contributed by atoms with Crippen molar-refractivity contribution in [2.75, 3.05) is 0 Å². The number of hydrogen-bond acceptors (Lipinski definition) is 3. The van der Waals surface area contributed by atoms with Gasteiger partial charge < -0.3 is 5.32 Å². The van der Waals surface area contributed by atoms with Crippen molar-refractivity contribution in [3.05, 3.63) is 43.8 Å². The van der Waals surface area contributed by atoms with Gasteiger partial charge in [0, 0.05) is 26.7 Å². The Hall–Kier alpha value is -0.640. The molecule has 2 aromatic heterocycles. The smallest absolute Gasteiger partial charge is 0.0448 e. The van der Waals surface area contributed by atoms with Crippen molar-refractivity contribution in [2.24, 2.45) is 5.92 Å². The van der Waals surface area contributed by atoms with Crippen LogP contribution >= 0.6 is 22.7 Å². The normalized spacial score (nSPS) is 19.0. The fourth-order valence-electron chi connectivity index (χ4n) is 3.65. The summed E-state index contributed by atoms with van der Waals surface area (Å²) in [5.41, 5.74) is 1.48. The van der Waals surface area contributed by atoms with Crippen molar-refractivity contribution in [1.29, 1.82) is 0 Å². The quantitative estimate of drug-likeness (QED) is 0.711. The summed E-state index contributed by atoms with van der Waals surface area (Å²) in [6, 6.07) is 7.82. The van der Waals surface area contributed by atoms with E-state index in [0.29, 0.717) is 12.1 Å². The second-order valence-corrected chi connectivity index (χ2v) is 8.73. The third-order valence-corrected chi connectivity index (χ3v) is 6.63. The molecule has 0 amide bonds. The van der Waals surface area contributed by atoms with Crippen LogP contribution in [-0.2, 0) is 0 Å². The lowest BCUT2D eigenvalue weighted by molar-refractivity contribution is 0.343. The van der Waals surface area contributed by atoms with E-state index in [0.717, 1.165) is 5.92 Å². The third kappa shape index (κ3) is 3.41. The number of hydrogen-bond donors (Lipinski definition) is 1. The summed E-state index contributed by atoms with van der Waals surface area (Å²) in [6.45, 7) is 6.78. The number of nitrogens with one attached hydrogen (secondary N) is 1. The van der Waals surface area contributed by atoms with E-state index in [1.165, 1.54) is 45.9 Å². The molecule has 2 aromatic rings. The van der Waals surface area contributed by atoms with Crippen molar-refractivity contribution >= 4 is 22.7 Å². The Labute approximate surface area is 136 Å². The molecule has 2 atom stereocenters. The molecule has 0 saturated heterocycles. The van der Waals surface area contributed by atoms with E-state index < -0.39 is 0 Å². The fourth-order valence-corrected chi connectivity index (χ4v) is 5.55. The number of rotatable bonds is 5. The van der Waals surface area contributed by atoms with Crippen LogP contribution in [0.25, 0.3) is 0 Å². The maximum atomic E-state index is 3.95. The molecular weight excluding hydrogens is 294 g/mol. The van der Waals surface area contributed by atoms with Crippen LogP contribution in [0.15, 0.2) is 23.6 Å². The highest BCUT2D eigenvalue weighted by molar-refractivity contribution is 7.12.